The molecule has 0 saturated carbocycles. The molecule has 0 unspecified atom stereocenters. The first-order chi connectivity index (χ1) is 15.5. The molecule has 1 aliphatic carbocycles. The summed E-state index contributed by atoms with van der Waals surface area (Å²) in [4.78, 5) is 27.8. The largest absolute Gasteiger partial charge is 0.462 e. The number of ether oxygens (including phenoxy) is 1. The van der Waals surface area contributed by atoms with Crippen molar-refractivity contribution in [2.45, 2.75) is 44.7 Å². The first kappa shape index (κ1) is 24.0. The molecular weight excluding hydrogens is 406 g/mol. The van der Waals surface area contributed by atoms with Crippen LogP contribution in [0.1, 0.15) is 31.0 Å². The fraction of sp³-hybridized carbons (Fsp3) is 0.652. The molecule has 1 aromatic rings. The normalized spacial score (nSPS) is 20.6. The monoisotopic (exact) mass is 441 g/mol. The zero-order valence-electron chi connectivity index (χ0n) is 19.5. The standard InChI is InChI=1S/C23H35N7O2/c1-5-21(31)30-12-11-29(16-18(30)9-10-24)22-19-8-7-17(25-6-2)15-20(19)26-23(27-22)32-14-13-28(3)4/h5,17-18,25H,1,6-9,11-16H2,2-4H3/t17-,18-/m0/s1. The molecule has 2 atom stereocenters. The van der Waals surface area contributed by atoms with E-state index in [1.54, 1.807) is 4.90 Å². The second kappa shape index (κ2) is 11.2. The Bertz CT molecular complexity index is 851. The van der Waals surface area contributed by atoms with E-state index in [1.165, 1.54) is 11.6 Å². The van der Waals surface area contributed by atoms with Crippen molar-refractivity contribution in [2.24, 2.45) is 0 Å². The molecule has 0 radical (unpaired) electrons. The number of aromatic nitrogens is 2. The van der Waals surface area contributed by atoms with Crippen LogP contribution in [0.3, 0.4) is 0 Å². The lowest BCUT2D eigenvalue weighted by atomic mass is 9.91. The molecule has 1 aromatic heterocycles. The Kier molecular flexibility index (Phi) is 8.42. The third-order valence-electron chi connectivity index (χ3n) is 6.06. The van der Waals surface area contributed by atoms with Crippen LogP contribution in [0.2, 0.25) is 0 Å². The highest BCUT2D eigenvalue weighted by atomic mass is 16.5. The van der Waals surface area contributed by atoms with Crippen molar-refractivity contribution in [1.82, 2.24) is 25.1 Å². The van der Waals surface area contributed by atoms with E-state index in [9.17, 15) is 10.1 Å². The molecule has 0 aromatic carbocycles. The number of likely N-dealkylation sites (N-methyl/N-ethyl adjacent to an activating group) is 2. The van der Waals surface area contributed by atoms with Gasteiger partial charge < -0.3 is 24.8 Å². The van der Waals surface area contributed by atoms with Gasteiger partial charge in [-0.3, -0.25) is 4.79 Å². The molecule has 1 saturated heterocycles. The van der Waals surface area contributed by atoms with Gasteiger partial charge in [-0.1, -0.05) is 13.5 Å². The maximum Gasteiger partial charge on any atom is 0.318 e. The smallest absolute Gasteiger partial charge is 0.318 e. The summed E-state index contributed by atoms with van der Waals surface area (Å²) in [7, 11) is 4.01. The fourth-order valence-corrected chi connectivity index (χ4v) is 4.42. The van der Waals surface area contributed by atoms with Crippen LogP contribution < -0.4 is 15.0 Å². The minimum Gasteiger partial charge on any atom is -0.462 e. The Morgan fingerprint density at radius 2 is 2.22 bits per heavy atom. The van der Waals surface area contributed by atoms with Crippen molar-refractivity contribution >= 4 is 11.7 Å². The molecule has 1 amide bonds. The first-order valence-corrected chi connectivity index (χ1v) is 11.4. The number of anilines is 1. The summed E-state index contributed by atoms with van der Waals surface area (Å²) in [5.41, 5.74) is 2.20. The van der Waals surface area contributed by atoms with Crippen molar-refractivity contribution in [1.29, 1.82) is 5.26 Å². The second-order valence-electron chi connectivity index (χ2n) is 8.60. The van der Waals surface area contributed by atoms with Crippen LogP contribution in [0.4, 0.5) is 5.82 Å². The average molecular weight is 442 g/mol. The van der Waals surface area contributed by atoms with E-state index >= 15 is 0 Å². The van der Waals surface area contributed by atoms with Crippen LogP contribution in [0.5, 0.6) is 6.01 Å². The molecule has 174 valence electrons. The number of carbonyl (C=O) groups excluding carboxylic acids is 1. The number of piperazine rings is 1. The number of nitrogens with one attached hydrogen (secondary N) is 1. The zero-order chi connectivity index (χ0) is 23.1. The highest BCUT2D eigenvalue weighted by molar-refractivity contribution is 5.87. The quantitative estimate of drug-likeness (QED) is 0.567. The van der Waals surface area contributed by atoms with Gasteiger partial charge >= 0.3 is 6.01 Å². The van der Waals surface area contributed by atoms with Gasteiger partial charge in [0.15, 0.2) is 0 Å². The highest BCUT2D eigenvalue weighted by Crippen LogP contribution is 2.31. The van der Waals surface area contributed by atoms with Gasteiger partial charge in [0.1, 0.15) is 12.4 Å². The summed E-state index contributed by atoms with van der Waals surface area (Å²) in [5, 5.41) is 12.9. The van der Waals surface area contributed by atoms with Crippen LogP contribution >= 0.6 is 0 Å². The summed E-state index contributed by atoms with van der Waals surface area (Å²) < 4.78 is 5.92. The van der Waals surface area contributed by atoms with Crippen LogP contribution in [0.15, 0.2) is 12.7 Å². The third kappa shape index (κ3) is 5.75. The minimum absolute atomic E-state index is 0.129. The van der Waals surface area contributed by atoms with Gasteiger partial charge in [-0.25, -0.2) is 0 Å². The summed E-state index contributed by atoms with van der Waals surface area (Å²) in [6.45, 7) is 9.70. The van der Waals surface area contributed by atoms with E-state index in [4.69, 9.17) is 14.7 Å². The number of hydrogen-bond donors (Lipinski definition) is 1. The van der Waals surface area contributed by atoms with Crippen molar-refractivity contribution in [3.8, 4) is 12.1 Å². The third-order valence-corrected chi connectivity index (χ3v) is 6.06. The Morgan fingerprint density at radius 1 is 1.41 bits per heavy atom. The maximum atomic E-state index is 12.3. The average Bonchev–Trinajstić information content (AvgIpc) is 2.78. The lowest BCUT2D eigenvalue weighted by Crippen LogP contribution is -2.55. The second-order valence-corrected chi connectivity index (χ2v) is 8.60. The van der Waals surface area contributed by atoms with E-state index in [2.05, 4.69) is 34.7 Å². The van der Waals surface area contributed by atoms with Gasteiger partial charge in [-0.05, 0) is 39.6 Å². The van der Waals surface area contributed by atoms with E-state index in [0.717, 1.165) is 43.9 Å². The Balaban J connectivity index is 1.88. The van der Waals surface area contributed by atoms with Crippen molar-refractivity contribution < 1.29 is 9.53 Å². The number of nitriles is 1. The molecule has 2 aliphatic rings. The molecule has 1 aliphatic heterocycles. The van der Waals surface area contributed by atoms with Crippen molar-refractivity contribution in [3.05, 3.63) is 23.9 Å². The molecule has 3 rings (SSSR count). The molecule has 2 heterocycles. The van der Waals surface area contributed by atoms with Gasteiger partial charge in [0, 0.05) is 44.2 Å². The van der Waals surface area contributed by atoms with Gasteiger partial charge in [0.25, 0.3) is 0 Å². The highest BCUT2D eigenvalue weighted by Gasteiger charge is 2.33. The SMILES string of the molecule is C=CC(=O)N1CCN(c2nc(OCCN(C)C)nc3c2CC[C@H](NCC)C3)C[C@@H]1CC#N. The molecule has 0 spiro atoms. The molecule has 9 heteroatoms. The van der Waals surface area contributed by atoms with Gasteiger partial charge in [-0.2, -0.15) is 15.2 Å². The molecule has 1 N–H and O–H groups in total. The predicted molar refractivity (Wildman–Crippen MR) is 124 cm³/mol. The minimum atomic E-state index is -0.193. The van der Waals surface area contributed by atoms with E-state index in [0.29, 0.717) is 38.3 Å². The van der Waals surface area contributed by atoms with Crippen LogP contribution in [-0.4, -0.2) is 91.2 Å². The van der Waals surface area contributed by atoms with Crippen LogP contribution in [0, 0.1) is 11.3 Å². The molecule has 0 bridgehead atoms. The summed E-state index contributed by atoms with van der Waals surface area (Å²) in [6, 6.07) is 2.83. The Morgan fingerprint density at radius 3 is 2.91 bits per heavy atom. The number of fused-ring (bicyclic) bond motifs is 1. The topological polar surface area (TPSA) is 97.6 Å². The summed E-state index contributed by atoms with van der Waals surface area (Å²) in [5.74, 6) is 0.759. The molecule has 32 heavy (non-hydrogen) atoms. The first-order valence-electron chi connectivity index (χ1n) is 11.4. The van der Waals surface area contributed by atoms with Gasteiger partial charge in [0.2, 0.25) is 5.91 Å². The Hall–Kier alpha value is -2.70. The number of rotatable bonds is 9. The van der Waals surface area contributed by atoms with Crippen LogP contribution in [0.25, 0.3) is 0 Å². The zero-order valence-corrected chi connectivity index (χ0v) is 19.5. The van der Waals surface area contributed by atoms with Crippen LogP contribution in [-0.2, 0) is 17.6 Å². The van der Waals surface area contributed by atoms with E-state index < -0.39 is 0 Å². The van der Waals surface area contributed by atoms with E-state index in [1.807, 2.05) is 14.1 Å². The number of hydrogen-bond acceptors (Lipinski definition) is 8. The summed E-state index contributed by atoms with van der Waals surface area (Å²) in [6.07, 6.45) is 4.38. The maximum absolute atomic E-state index is 12.3. The number of carbonyl (C=O) groups is 1. The van der Waals surface area contributed by atoms with E-state index in [-0.39, 0.29) is 18.4 Å². The van der Waals surface area contributed by atoms with Crippen molar-refractivity contribution in [3.63, 3.8) is 0 Å². The van der Waals surface area contributed by atoms with Gasteiger partial charge in [0.05, 0.1) is 24.2 Å². The van der Waals surface area contributed by atoms with Crippen molar-refractivity contribution in [2.75, 3.05) is 58.3 Å². The number of amides is 1. The molecule has 1 fully saturated rings. The summed E-state index contributed by atoms with van der Waals surface area (Å²) >= 11 is 0. The Labute approximate surface area is 191 Å². The molecule has 9 nitrogen and oxygen atoms in total. The van der Waals surface area contributed by atoms with Gasteiger partial charge in [-0.15, -0.1) is 0 Å². The lowest BCUT2D eigenvalue weighted by molar-refractivity contribution is -0.128. The fourth-order valence-electron chi connectivity index (χ4n) is 4.42. The lowest BCUT2D eigenvalue weighted by Gasteiger charge is -2.42. The number of nitrogens with zero attached hydrogens (tertiary/aromatic N) is 6. The predicted octanol–water partition coefficient (Wildman–Crippen LogP) is 1.00. The molecular formula is C23H35N7O2.